The molecular formula is C89H120O11. The Balaban J connectivity index is 0.000000573. The Hall–Kier alpha value is -8.93. The number of carboxylic acid groups (broad SMARTS) is 4. The Labute approximate surface area is 601 Å². The number of aliphatic hydroxyl groups is 1. The molecule has 2 saturated carbocycles. The van der Waals surface area contributed by atoms with Crippen LogP contribution in [0.1, 0.15) is 209 Å². The van der Waals surface area contributed by atoms with Gasteiger partial charge in [0.25, 0.3) is 0 Å². The molecule has 0 heterocycles. The summed E-state index contributed by atoms with van der Waals surface area (Å²) in [6.07, 6.45) is 10.6. The molecule has 0 spiro atoms. The zero-order chi connectivity index (χ0) is 75.1. The van der Waals surface area contributed by atoms with E-state index in [9.17, 15) is 24.0 Å². The molecule has 0 saturated heterocycles. The molecule has 100 heavy (non-hydrogen) atoms. The summed E-state index contributed by atoms with van der Waals surface area (Å²) in [5.74, 6) is 4.02. The van der Waals surface area contributed by atoms with Crippen LogP contribution in [-0.4, -0.2) is 68.6 Å². The summed E-state index contributed by atoms with van der Waals surface area (Å²) in [5, 5.41) is 43.5. The number of ether oxygens (including phenoxy) is 1. The van der Waals surface area contributed by atoms with E-state index in [4.69, 9.17) is 25.5 Å². The summed E-state index contributed by atoms with van der Waals surface area (Å²) in [7, 11) is 0. The number of aryl methyl sites for hydroxylation is 1. The van der Waals surface area contributed by atoms with Crippen LogP contribution in [0.25, 0.3) is 44.5 Å². The van der Waals surface area contributed by atoms with Gasteiger partial charge in [-0.05, 0) is 172 Å². The highest BCUT2D eigenvalue weighted by molar-refractivity contribution is 5.91. The molecule has 10 rings (SSSR count). The fourth-order valence-corrected chi connectivity index (χ4v) is 9.34. The molecule has 0 radical (unpaired) electrons. The van der Waals surface area contributed by atoms with Crippen molar-refractivity contribution in [3.8, 4) is 44.5 Å². The van der Waals surface area contributed by atoms with Crippen LogP contribution in [0, 0.1) is 60.2 Å². The second kappa shape index (κ2) is 51.3. The summed E-state index contributed by atoms with van der Waals surface area (Å²) < 4.78 is 4.65. The van der Waals surface area contributed by atoms with Gasteiger partial charge in [-0.3, -0.25) is 4.79 Å². The third-order valence-electron chi connectivity index (χ3n) is 17.7. The minimum absolute atomic E-state index is 0.0495. The van der Waals surface area contributed by atoms with Gasteiger partial charge in [-0.2, -0.15) is 0 Å². The van der Waals surface area contributed by atoms with Gasteiger partial charge in [-0.1, -0.05) is 306 Å². The average molecular weight is 1370 g/mol. The first-order valence-corrected chi connectivity index (χ1v) is 35.9. The fourth-order valence-electron chi connectivity index (χ4n) is 9.34. The van der Waals surface area contributed by atoms with E-state index in [1.54, 1.807) is 55.8 Å². The van der Waals surface area contributed by atoms with Crippen LogP contribution in [0.3, 0.4) is 0 Å². The van der Waals surface area contributed by atoms with Crippen molar-refractivity contribution in [2.24, 2.45) is 53.3 Å². The quantitative estimate of drug-likeness (QED) is 0.0578. The lowest BCUT2D eigenvalue weighted by Gasteiger charge is -2.24. The van der Waals surface area contributed by atoms with E-state index in [1.165, 1.54) is 38.5 Å². The average Bonchev–Trinajstić information content (AvgIpc) is 1.64. The van der Waals surface area contributed by atoms with Gasteiger partial charge in [-0.15, -0.1) is 0 Å². The van der Waals surface area contributed by atoms with Crippen molar-refractivity contribution in [2.75, 3.05) is 13.2 Å². The molecule has 11 nitrogen and oxygen atoms in total. The fraction of sp³-hybridized carbons (Fsp3) is 0.404. The number of rotatable bonds is 16. The molecule has 5 atom stereocenters. The van der Waals surface area contributed by atoms with Crippen LogP contribution in [-0.2, 0) is 9.53 Å². The van der Waals surface area contributed by atoms with Crippen molar-refractivity contribution in [1.82, 2.24) is 0 Å². The van der Waals surface area contributed by atoms with E-state index in [0.717, 1.165) is 104 Å². The van der Waals surface area contributed by atoms with Crippen molar-refractivity contribution in [2.45, 2.75) is 169 Å². The van der Waals surface area contributed by atoms with E-state index >= 15 is 0 Å². The summed E-state index contributed by atoms with van der Waals surface area (Å²) in [5.41, 5.74) is 10.6. The van der Waals surface area contributed by atoms with E-state index in [-0.39, 0.29) is 25.1 Å². The van der Waals surface area contributed by atoms with E-state index < -0.39 is 23.9 Å². The molecule has 2 fully saturated rings. The van der Waals surface area contributed by atoms with E-state index in [0.29, 0.717) is 22.3 Å². The largest absolute Gasteiger partial charge is 0.478 e. The van der Waals surface area contributed by atoms with Gasteiger partial charge >= 0.3 is 29.8 Å². The molecule has 2 aliphatic carbocycles. The molecule has 542 valence electrons. The van der Waals surface area contributed by atoms with Crippen molar-refractivity contribution in [3.05, 3.63) is 240 Å². The SMILES string of the molecule is CC1C2CCC(C2)C1C.CCC(C)C.CCC(C)C.CCC(C)C.CCC(C)C.CCC(C)C(=O)OCCO.Cc1cc(-c2ccccc2)ccc1C(=O)O.O=C(O)c1ccc(-c2ccccc2)cc1.O=C(O)c1ccc(-c2ccccc2)cc1.O=C(O)c1ccc(-c2ccccc2)cc1. The zero-order valence-corrected chi connectivity index (χ0v) is 63.2. The third-order valence-corrected chi connectivity index (χ3v) is 17.7. The minimum Gasteiger partial charge on any atom is -0.478 e. The van der Waals surface area contributed by atoms with Crippen LogP contribution in [0.2, 0.25) is 0 Å². The van der Waals surface area contributed by atoms with Crippen LogP contribution < -0.4 is 0 Å². The molecule has 0 aromatic heterocycles. The summed E-state index contributed by atoms with van der Waals surface area (Å²) in [6.45, 7) is 37.0. The van der Waals surface area contributed by atoms with Crippen LogP contribution in [0.5, 0.6) is 0 Å². The van der Waals surface area contributed by atoms with Crippen LogP contribution in [0.4, 0.5) is 0 Å². The molecule has 0 amide bonds. The maximum atomic E-state index is 10.9. The topological polar surface area (TPSA) is 196 Å². The van der Waals surface area contributed by atoms with Gasteiger partial charge in [0, 0.05) is 0 Å². The third kappa shape index (κ3) is 36.8. The standard InChI is InChI=1S/C14H12O2.3C13H10O2.C9H16.C7H14O3.4C5H12/c1-10-9-12(7-8-13(10)14(15)16)11-5-3-2-4-6-11;3*14-13(15)12-8-6-11(7-9-12)10-4-2-1-3-5-10;1-6-7(2)9-4-3-8(6)5-9;1-3-6(2)7(9)10-5-4-8;4*1-4-5(2)3/h2-9H,1H3,(H,15,16);3*1-9H,(H,14,15);6-9H,3-5H2,1-2H3;6,8H,3-5H2,1-2H3;4*5H,4H2,1-3H3. The second-order valence-electron chi connectivity index (χ2n) is 26.9. The summed E-state index contributed by atoms with van der Waals surface area (Å²) in [4.78, 5) is 53.6. The van der Waals surface area contributed by atoms with E-state index in [2.05, 4.69) is 102 Å². The van der Waals surface area contributed by atoms with Crippen molar-refractivity contribution < 1.29 is 54.2 Å². The number of hydrogen-bond donors (Lipinski definition) is 5. The number of carbonyl (C=O) groups excluding carboxylic acids is 1. The molecule has 8 aromatic rings. The Morgan fingerprint density at radius 2 is 0.620 bits per heavy atom. The lowest BCUT2D eigenvalue weighted by Crippen LogP contribution is -2.15. The Kier molecular flexibility index (Phi) is 45.7. The summed E-state index contributed by atoms with van der Waals surface area (Å²) >= 11 is 0. The number of hydrogen-bond acceptors (Lipinski definition) is 7. The van der Waals surface area contributed by atoms with E-state index in [1.807, 2.05) is 184 Å². The highest BCUT2D eigenvalue weighted by Gasteiger charge is 2.42. The normalized spacial score (nSPS) is 14.3. The van der Waals surface area contributed by atoms with Gasteiger partial charge in [-0.25, -0.2) is 19.2 Å². The number of carbonyl (C=O) groups is 5. The number of benzene rings is 8. The first-order chi connectivity index (χ1) is 47.6. The minimum atomic E-state index is -0.894. The lowest BCUT2D eigenvalue weighted by atomic mass is 9.82. The Morgan fingerprint density at radius 3 is 0.820 bits per heavy atom. The monoisotopic (exact) mass is 1360 g/mol. The molecule has 11 heteroatoms. The molecule has 2 bridgehead atoms. The van der Waals surface area contributed by atoms with Gasteiger partial charge in [0.15, 0.2) is 0 Å². The number of aromatic carboxylic acids is 4. The predicted octanol–water partition coefficient (Wildman–Crippen LogP) is 24.0. The predicted molar refractivity (Wildman–Crippen MR) is 417 cm³/mol. The molecular weight excluding hydrogens is 1240 g/mol. The lowest BCUT2D eigenvalue weighted by molar-refractivity contribution is -0.149. The highest BCUT2D eigenvalue weighted by Crippen LogP contribution is 2.51. The first kappa shape index (κ1) is 89.1. The van der Waals surface area contributed by atoms with Gasteiger partial charge < -0.3 is 30.3 Å². The number of fused-ring (bicyclic) bond motifs is 2. The van der Waals surface area contributed by atoms with Gasteiger partial charge in [0.1, 0.15) is 6.61 Å². The van der Waals surface area contributed by atoms with Gasteiger partial charge in [0.2, 0.25) is 0 Å². The molecule has 8 aromatic carbocycles. The molecule has 0 aliphatic heterocycles. The highest BCUT2D eigenvalue weighted by atomic mass is 16.5. The molecule has 5 N–H and O–H groups in total. The first-order valence-electron chi connectivity index (χ1n) is 35.9. The smallest absolute Gasteiger partial charge is 0.335 e. The number of aliphatic hydroxyl groups excluding tert-OH is 1. The van der Waals surface area contributed by atoms with Crippen molar-refractivity contribution in [3.63, 3.8) is 0 Å². The van der Waals surface area contributed by atoms with Crippen molar-refractivity contribution in [1.29, 1.82) is 0 Å². The van der Waals surface area contributed by atoms with Crippen LogP contribution in [0.15, 0.2) is 212 Å². The van der Waals surface area contributed by atoms with Crippen LogP contribution >= 0.6 is 0 Å². The second-order valence-corrected chi connectivity index (χ2v) is 26.9. The molecule has 5 unspecified atom stereocenters. The maximum absolute atomic E-state index is 10.9. The van der Waals surface area contributed by atoms with Crippen molar-refractivity contribution >= 4 is 29.8 Å². The zero-order valence-electron chi connectivity index (χ0n) is 63.2. The Morgan fingerprint density at radius 1 is 0.370 bits per heavy atom. The molecule has 2 aliphatic rings. The number of esters is 1. The number of carboxylic acids is 4. The summed E-state index contributed by atoms with van der Waals surface area (Å²) in [6, 6.07) is 65.5. The maximum Gasteiger partial charge on any atom is 0.335 e. The van der Waals surface area contributed by atoms with Gasteiger partial charge in [0.05, 0.1) is 34.8 Å². The Bertz CT molecular complexity index is 3180.